The van der Waals surface area contributed by atoms with Crippen molar-refractivity contribution in [2.45, 2.75) is 13.3 Å². The molecule has 0 fully saturated rings. The smallest absolute Gasteiger partial charge is 0.232 e. The summed E-state index contributed by atoms with van der Waals surface area (Å²) in [7, 11) is -3.15. The molecule has 0 saturated carbocycles. The van der Waals surface area contributed by atoms with Crippen molar-refractivity contribution in [1.29, 1.82) is 0 Å². The molecule has 1 N–H and O–H groups in total. The van der Waals surface area contributed by atoms with Crippen molar-refractivity contribution >= 4 is 15.7 Å². The number of hydrogen-bond donors (Lipinski definition) is 1. The van der Waals surface area contributed by atoms with Crippen molar-refractivity contribution in [2.24, 2.45) is 0 Å². The van der Waals surface area contributed by atoms with Crippen molar-refractivity contribution in [1.82, 2.24) is 0 Å². The first-order valence-corrected chi connectivity index (χ1v) is 5.76. The van der Waals surface area contributed by atoms with Crippen LogP contribution in [0.2, 0.25) is 0 Å². The first-order chi connectivity index (χ1) is 6.14. The third kappa shape index (κ3) is 3.46. The predicted molar refractivity (Wildman–Crippen MR) is 53.0 cm³/mol. The van der Waals surface area contributed by atoms with E-state index in [0.29, 0.717) is 12.1 Å². The average molecular weight is 198 g/mol. The van der Waals surface area contributed by atoms with E-state index in [9.17, 15) is 8.42 Å². The van der Waals surface area contributed by atoms with E-state index in [1.54, 1.807) is 24.3 Å². The zero-order valence-electron chi connectivity index (χ0n) is 7.45. The number of rotatable bonds is 4. The van der Waals surface area contributed by atoms with E-state index in [1.807, 2.05) is 6.92 Å². The Morgan fingerprint density at radius 2 is 2.31 bits per heavy atom. The molecule has 1 radical (unpaired) electrons. The van der Waals surface area contributed by atoms with Gasteiger partial charge in [-0.2, -0.15) is 0 Å². The molecule has 3 nitrogen and oxygen atoms in total. The Bertz CT molecular complexity index is 345. The van der Waals surface area contributed by atoms with Crippen LogP contribution in [0.15, 0.2) is 24.3 Å². The number of hydrogen-bond acceptors (Lipinski definition) is 2. The minimum atomic E-state index is -3.15. The third-order valence-corrected chi connectivity index (χ3v) is 2.95. The van der Waals surface area contributed by atoms with Gasteiger partial charge < -0.3 is 0 Å². The summed E-state index contributed by atoms with van der Waals surface area (Å²) in [4.78, 5) is 0. The summed E-state index contributed by atoms with van der Waals surface area (Å²) in [6, 6.07) is 9.56. The summed E-state index contributed by atoms with van der Waals surface area (Å²) >= 11 is 0. The highest BCUT2D eigenvalue weighted by molar-refractivity contribution is 7.92. The Labute approximate surface area is 78.8 Å². The van der Waals surface area contributed by atoms with Crippen LogP contribution in [0.25, 0.3) is 0 Å². The molecule has 0 bridgehead atoms. The summed E-state index contributed by atoms with van der Waals surface area (Å²) in [6.45, 7) is 1.83. The maximum atomic E-state index is 11.3. The van der Waals surface area contributed by atoms with Crippen LogP contribution in [0.5, 0.6) is 0 Å². The van der Waals surface area contributed by atoms with Crippen LogP contribution in [0.1, 0.15) is 13.3 Å². The largest absolute Gasteiger partial charge is 0.284 e. The van der Waals surface area contributed by atoms with Gasteiger partial charge in [-0.05, 0) is 24.6 Å². The molecule has 13 heavy (non-hydrogen) atoms. The van der Waals surface area contributed by atoms with E-state index < -0.39 is 10.0 Å². The van der Waals surface area contributed by atoms with E-state index >= 15 is 0 Å². The summed E-state index contributed by atoms with van der Waals surface area (Å²) in [5.74, 6) is 0.155. The van der Waals surface area contributed by atoms with E-state index in [2.05, 4.69) is 10.8 Å². The lowest BCUT2D eigenvalue weighted by Gasteiger charge is -2.05. The van der Waals surface area contributed by atoms with Crippen molar-refractivity contribution in [3.63, 3.8) is 0 Å². The van der Waals surface area contributed by atoms with Crippen LogP contribution in [-0.2, 0) is 10.0 Å². The first-order valence-electron chi connectivity index (χ1n) is 4.10. The highest BCUT2D eigenvalue weighted by Crippen LogP contribution is 2.07. The zero-order valence-corrected chi connectivity index (χ0v) is 8.26. The molecule has 0 aliphatic rings. The fraction of sp³-hybridized carbons (Fsp3) is 0.333. The van der Waals surface area contributed by atoms with Crippen LogP contribution in [0.3, 0.4) is 0 Å². The Morgan fingerprint density at radius 1 is 1.54 bits per heavy atom. The van der Waals surface area contributed by atoms with Crippen LogP contribution in [0.4, 0.5) is 5.69 Å². The minimum absolute atomic E-state index is 0.155. The van der Waals surface area contributed by atoms with Crippen molar-refractivity contribution in [3.05, 3.63) is 30.3 Å². The van der Waals surface area contributed by atoms with Crippen LogP contribution >= 0.6 is 0 Å². The molecule has 0 spiro atoms. The van der Waals surface area contributed by atoms with E-state index in [0.717, 1.165) is 0 Å². The van der Waals surface area contributed by atoms with Gasteiger partial charge in [-0.1, -0.05) is 19.1 Å². The number of anilines is 1. The Morgan fingerprint density at radius 3 is 2.85 bits per heavy atom. The maximum absolute atomic E-state index is 11.3. The van der Waals surface area contributed by atoms with Crippen molar-refractivity contribution in [3.8, 4) is 0 Å². The molecule has 0 atom stereocenters. The number of sulfonamides is 1. The van der Waals surface area contributed by atoms with Gasteiger partial charge in [0.15, 0.2) is 0 Å². The second kappa shape index (κ2) is 4.28. The highest BCUT2D eigenvalue weighted by Gasteiger charge is 2.07. The molecular weight excluding hydrogens is 186 g/mol. The lowest BCUT2D eigenvalue weighted by atomic mass is 10.3. The minimum Gasteiger partial charge on any atom is -0.284 e. The van der Waals surface area contributed by atoms with Crippen LogP contribution < -0.4 is 4.72 Å². The molecule has 4 heteroatoms. The predicted octanol–water partition coefficient (Wildman–Crippen LogP) is 1.64. The summed E-state index contributed by atoms with van der Waals surface area (Å²) < 4.78 is 25.0. The van der Waals surface area contributed by atoms with Gasteiger partial charge in [0.1, 0.15) is 0 Å². The molecule has 0 aromatic heterocycles. The molecule has 1 aromatic rings. The summed E-state index contributed by atoms with van der Waals surface area (Å²) in [6.07, 6.45) is 0.617. The van der Waals surface area contributed by atoms with E-state index in [1.165, 1.54) is 0 Å². The quantitative estimate of drug-likeness (QED) is 0.799. The highest BCUT2D eigenvalue weighted by atomic mass is 32.2. The Balaban J connectivity index is 2.70. The van der Waals surface area contributed by atoms with Gasteiger partial charge in [0.05, 0.1) is 5.75 Å². The van der Waals surface area contributed by atoms with Crippen LogP contribution in [-0.4, -0.2) is 14.2 Å². The molecule has 0 amide bonds. The average Bonchev–Trinajstić information content (AvgIpc) is 2.04. The summed E-state index contributed by atoms with van der Waals surface area (Å²) in [5, 5.41) is 0. The van der Waals surface area contributed by atoms with Gasteiger partial charge in [0.2, 0.25) is 10.0 Å². The monoisotopic (exact) mass is 198 g/mol. The van der Waals surface area contributed by atoms with E-state index in [-0.39, 0.29) is 5.75 Å². The fourth-order valence-corrected chi connectivity index (χ4v) is 2.08. The zero-order chi connectivity index (χ0) is 9.73. The number of benzene rings is 1. The topological polar surface area (TPSA) is 46.2 Å². The standard InChI is InChI=1S/C9H12NO2S/c1-2-8-13(11,12)10-9-6-4-3-5-7-9/h3-4,6-7,10H,2,8H2,1H3. The molecular formula is C9H12NO2S. The van der Waals surface area contributed by atoms with Gasteiger partial charge in [0, 0.05) is 5.69 Å². The number of nitrogens with one attached hydrogen (secondary N) is 1. The molecule has 0 unspecified atom stereocenters. The Hall–Kier alpha value is -1.03. The second-order valence-electron chi connectivity index (χ2n) is 2.71. The molecule has 1 aromatic carbocycles. The Kier molecular flexibility index (Phi) is 3.31. The second-order valence-corrected chi connectivity index (χ2v) is 4.55. The molecule has 0 heterocycles. The van der Waals surface area contributed by atoms with Gasteiger partial charge in [0.25, 0.3) is 0 Å². The van der Waals surface area contributed by atoms with Crippen LogP contribution in [0, 0.1) is 6.07 Å². The first kappa shape index (κ1) is 10.1. The van der Waals surface area contributed by atoms with Gasteiger partial charge in [-0.25, -0.2) is 8.42 Å². The molecule has 0 aliphatic heterocycles. The van der Waals surface area contributed by atoms with Gasteiger partial charge >= 0.3 is 0 Å². The molecule has 0 aliphatic carbocycles. The van der Waals surface area contributed by atoms with E-state index in [4.69, 9.17) is 0 Å². The normalized spacial score (nSPS) is 11.2. The van der Waals surface area contributed by atoms with Crippen molar-refractivity contribution in [2.75, 3.05) is 10.5 Å². The van der Waals surface area contributed by atoms with Gasteiger partial charge in [-0.3, -0.25) is 4.72 Å². The maximum Gasteiger partial charge on any atom is 0.232 e. The molecule has 0 saturated heterocycles. The summed E-state index contributed by atoms with van der Waals surface area (Å²) in [5.41, 5.74) is 0.566. The lowest BCUT2D eigenvalue weighted by molar-refractivity contribution is 0.600. The van der Waals surface area contributed by atoms with Crippen molar-refractivity contribution < 1.29 is 8.42 Å². The van der Waals surface area contributed by atoms with Gasteiger partial charge in [-0.15, -0.1) is 0 Å². The fourth-order valence-electron chi connectivity index (χ4n) is 0.956. The molecule has 1 rings (SSSR count). The molecule has 71 valence electrons. The SMILES string of the molecule is CCCS(=O)(=O)Nc1c[c]ccc1. The lowest BCUT2D eigenvalue weighted by Crippen LogP contribution is -2.15. The third-order valence-electron chi connectivity index (χ3n) is 1.45.